The number of carbonyl (C=O) groups is 1. The zero-order valence-electron chi connectivity index (χ0n) is 12.8. The van der Waals surface area contributed by atoms with Crippen LogP contribution in [-0.2, 0) is 9.53 Å². The lowest BCUT2D eigenvalue weighted by Gasteiger charge is -2.25. The van der Waals surface area contributed by atoms with E-state index in [2.05, 4.69) is 4.74 Å². The molecule has 4 nitrogen and oxygen atoms in total. The van der Waals surface area contributed by atoms with Crippen molar-refractivity contribution in [2.24, 2.45) is 0 Å². The van der Waals surface area contributed by atoms with Crippen LogP contribution < -0.4 is 0 Å². The average molecular weight is 280 g/mol. The van der Waals surface area contributed by atoms with Crippen molar-refractivity contribution < 1.29 is 19.7 Å². The fourth-order valence-corrected chi connectivity index (χ4v) is 2.36. The lowest BCUT2D eigenvalue weighted by Crippen LogP contribution is -2.30. The van der Waals surface area contributed by atoms with Gasteiger partial charge in [0.25, 0.3) is 0 Å². The molecule has 0 saturated heterocycles. The molecule has 0 saturated carbocycles. The zero-order chi connectivity index (χ0) is 15.4. The van der Waals surface area contributed by atoms with Crippen molar-refractivity contribution in [3.05, 3.63) is 34.9 Å². The molecule has 0 heterocycles. The average Bonchev–Trinajstić information content (AvgIpc) is 2.43. The van der Waals surface area contributed by atoms with Crippen molar-refractivity contribution in [3.63, 3.8) is 0 Å². The molecule has 0 fully saturated rings. The summed E-state index contributed by atoms with van der Waals surface area (Å²) in [5.74, 6) is -0.461. The molecule has 0 aliphatic rings. The second-order valence-corrected chi connectivity index (χ2v) is 5.57. The first kappa shape index (κ1) is 16.7. The monoisotopic (exact) mass is 280 g/mol. The molecule has 2 atom stereocenters. The minimum Gasteiger partial charge on any atom is -0.467 e. The van der Waals surface area contributed by atoms with Crippen LogP contribution in [0.5, 0.6) is 0 Å². The highest BCUT2D eigenvalue weighted by Gasteiger charge is 2.31. The molecule has 20 heavy (non-hydrogen) atoms. The molecule has 0 bridgehead atoms. The van der Waals surface area contributed by atoms with Gasteiger partial charge >= 0.3 is 5.97 Å². The number of aliphatic hydroxyl groups is 2. The van der Waals surface area contributed by atoms with Crippen LogP contribution in [-0.4, -0.2) is 29.4 Å². The van der Waals surface area contributed by atoms with Crippen LogP contribution >= 0.6 is 0 Å². The third-order valence-electron chi connectivity index (χ3n) is 3.46. The summed E-state index contributed by atoms with van der Waals surface area (Å²) in [6, 6.07) is 5.77. The van der Waals surface area contributed by atoms with Crippen LogP contribution in [0.25, 0.3) is 0 Å². The van der Waals surface area contributed by atoms with Crippen molar-refractivity contribution in [1.29, 1.82) is 0 Å². The van der Waals surface area contributed by atoms with Crippen molar-refractivity contribution >= 4 is 5.97 Å². The van der Waals surface area contributed by atoms with Gasteiger partial charge in [-0.25, -0.2) is 4.79 Å². The standard InChI is InChI=1S/C16H24O4/c1-9(2)11-7-6-8-12(10(3)4)13(11)14(17)15(18)16(19)20-5/h6-10,14-15,17-18H,1-5H3. The predicted octanol–water partition coefficient (Wildman–Crippen LogP) is 2.50. The van der Waals surface area contributed by atoms with Crippen molar-refractivity contribution in [2.45, 2.75) is 51.7 Å². The molecular weight excluding hydrogens is 256 g/mol. The molecule has 1 aromatic carbocycles. The molecular formula is C16H24O4. The topological polar surface area (TPSA) is 66.8 Å². The number of carbonyl (C=O) groups excluding carboxylic acids is 1. The summed E-state index contributed by atoms with van der Waals surface area (Å²) < 4.78 is 4.51. The van der Waals surface area contributed by atoms with Gasteiger partial charge in [0.1, 0.15) is 6.10 Å². The van der Waals surface area contributed by atoms with Gasteiger partial charge < -0.3 is 14.9 Å². The number of hydrogen-bond donors (Lipinski definition) is 2. The van der Waals surface area contributed by atoms with Crippen molar-refractivity contribution in [2.75, 3.05) is 7.11 Å². The second kappa shape index (κ2) is 6.86. The molecule has 1 aromatic rings. The van der Waals surface area contributed by atoms with E-state index in [1.807, 2.05) is 45.9 Å². The van der Waals surface area contributed by atoms with Crippen LogP contribution in [0, 0.1) is 0 Å². The Labute approximate surface area is 120 Å². The molecule has 4 heteroatoms. The Hall–Kier alpha value is -1.39. The molecule has 112 valence electrons. The smallest absolute Gasteiger partial charge is 0.337 e. The summed E-state index contributed by atoms with van der Waals surface area (Å²) in [6.45, 7) is 8.06. The Morgan fingerprint density at radius 1 is 1.05 bits per heavy atom. The summed E-state index contributed by atoms with van der Waals surface area (Å²) in [7, 11) is 1.19. The van der Waals surface area contributed by atoms with Gasteiger partial charge in [0, 0.05) is 0 Å². The van der Waals surface area contributed by atoms with Crippen LogP contribution in [0.1, 0.15) is 62.3 Å². The number of benzene rings is 1. The quantitative estimate of drug-likeness (QED) is 0.813. The van der Waals surface area contributed by atoms with Crippen molar-refractivity contribution in [1.82, 2.24) is 0 Å². The van der Waals surface area contributed by atoms with Gasteiger partial charge in [-0.05, 0) is 28.5 Å². The first-order chi connectivity index (χ1) is 9.31. The Balaban J connectivity index is 3.36. The van der Waals surface area contributed by atoms with Gasteiger partial charge in [0.15, 0.2) is 6.10 Å². The zero-order valence-corrected chi connectivity index (χ0v) is 12.8. The Kier molecular flexibility index (Phi) is 5.72. The summed E-state index contributed by atoms with van der Waals surface area (Å²) in [4.78, 5) is 11.5. The predicted molar refractivity (Wildman–Crippen MR) is 77.6 cm³/mol. The number of methoxy groups -OCH3 is 1. The molecule has 0 spiro atoms. The highest BCUT2D eigenvalue weighted by molar-refractivity contribution is 5.75. The Bertz CT molecular complexity index is 439. The SMILES string of the molecule is COC(=O)C(O)C(O)c1c(C(C)C)cccc1C(C)C. The molecule has 0 aromatic heterocycles. The van der Waals surface area contributed by atoms with Gasteiger partial charge in [-0.3, -0.25) is 0 Å². The highest BCUT2D eigenvalue weighted by atomic mass is 16.5. The Morgan fingerprint density at radius 2 is 1.50 bits per heavy atom. The van der Waals surface area contributed by atoms with Crippen LogP contribution in [0.4, 0.5) is 0 Å². The number of ether oxygens (including phenoxy) is 1. The summed E-state index contributed by atoms with van der Waals surface area (Å²) in [5, 5.41) is 20.3. The van der Waals surface area contributed by atoms with Gasteiger partial charge in [-0.1, -0.05) is 45.9 Å². The minimum atomic E-state index is -1.57. The molecule has 0 amide bonds. The number of esters is 1. The maximum Gasteiger partial charge on any atom is 0.337 e. The number of aliphatic hydroxyl groups excluding tert-OH is 2. The van der Waals surface area contributed by atoms with Crippen LogP contribution in [0.2, 0.25) is 0 Å². The van der Waals surface area contributed by atoms with Gasteiger partial charge in [0.2, 0.25) is 0 Å². The lowest BCUT2D eigenvalue weighted by molar-refractivity contribution is -0.156. The molecule has 2 N–H and O–H groups in total. The highest BCUT2D eigenvalue weighted by Crippen LogP contribution is 2.34. The largest absolute Gasteiger partial charge is 0.467 e. The maximum atomic E-state index is 11.5. The lowest BCUT2D eigenvalue weighted by atomic mass is 9.84. The summed E-state index contributed by atoms with van der Waals surface area (Å²) in [6.07, 6.45) is -2.85. The summed E-state index contributed by atoms with van der Waals surface area (Å²) >= 11 is 0. The molecule has 0 aliphatic heterocycles. The van der Waals surface area contributed by atoms with E-state index in [1.165, 1.54) is 7.11 Å². The molecule has 0 aliphatic carbocycles. The molecule has 1 rings (SSSR count). The number of hydrogen-bond acceptors (Lipinski definition) is 4. The first-order valence-electron chi connectivity index (χ1n) is 6.87. The van der Waals surface area contributed by atoms with Gasteiger partial charge in [0.05, 0.1) is 7.11 Å². The maximum absolute atomic E-state index is 11.5. The van der Waals surface area contributed by atoms with E-state index in [-0.39, 0.29) is 11.8 Å². The van der Waals surface area contributed by atoms with E-state index in [4.69, 9.17) is 0 Å². The fourth-order valence-electron chi connectivity index (χ4n) is 2.36. The van der Waals surface area contributed by atoms with E-state index in [0.717, 1.165) is 11.1 Å². The van der Waals surface area contributed by atoms with Gasteiger partial charge in [-0.15, -0.1) is 0 Å². The molecule has 0 radical (unpaired) electrons. The normalized spacial score (nSPS) is 14.4. The Morgan fingerprint density at radius 3 is 1.85 bits per heavy atom. The van der Waals surface area contributed by atoms with Crippen LogP contribution in [0.15, 0.2) is 18.2 Å². The van der Waals surface area contributed by atoms with E-state index >= 15 is 0 Å². The van der Waals surface area contributed by atoms with E-state index in [1.54, 1.807) is 0 Å². The third-order valence-corrected chi connectivity index (χ3v) is 3.46. The first-order valence-corrected chi connectivity index (χ1v) is 6.87. The minimum absolute atomic E-state index is 0.184. The van der Waals surface area contributed by atoms with Gasteiger partial charge in [-0.2, -0.15) is 0 Å². The van der Waals surface area contributed by atoms with E-state index in [9.17, 15) is 15.0 Å². The van der Waals surface area contributed by atoms with E-state index < -0.39 is 18.2 Å². The fraction of sp³-hybridized carbons (Fsp3) is 0.562. The summed E-state index contributed by atoms with van der Waals surface area (Å²) in [5.41, 5.74) is 2.51. The van der Waals surface area contributed by atoms with Crippen LogP contribution in [0.3, 0.4) is 0 Å². The molecule has 2 unspecified atom stereocenters. The second-order valence-electron chi connectivity index (χ2n) is 5.57. The van der Waals surface area contributed by atoms with Crippen molar-refractivity contribution in [3.8, 4) is 0 Å². The third kappa shape index (κ3) is 3.38. The van der Waals surface area contributed by atoms with E-state index in [0.29, 0.717) is 5.56 Å². The number of rotatable bonds is 5.